The van der Waals surface area contributed by atoms with E-state index in [-0.39, 0.29) is 12.5 Å². The number of hydrogen-bond donors (Lipinski definition) is 2. The number of amides is 1. The highest BCUT2D eigenvalue weighted by Crippen LogP contribution is 2.15. The smallest absolute Gasteiger partial charge is 0.238 e. The Kier molecular flexibility index (Phi) is 4.85. The summed E-state index contributed by atoms with van der Waals surface area (Å²) in [5.74, 6) is -0.0483. The highest BCUT2D eigenvalue weighted by Gasteiger charge is 2.04. The summed E-state index contributed by atoms with van der Waals surface area (Å²) >= 11 is 0. The van der Waals surface area contributed by atoms with Crippen molar-refractivity contribution in [2.75, 3.05) is 11.9 Å². The molecule has 0 saturated heterocycles. The number of benzene rings is 1. The van der Waals surface area contributed by atoms with Gasteiger partial charge in [0.25, 0.3) is 0 Å². The van der Waals surface area contributed by atoms with Crippen molar-refractivity contribution in [1.29, 1.82) is 0 Å². The van der Waals surface area contributed by atoms with Crippen LogP contribution in [0.4, 0.5) is 5.69 Å². The quantitative estimate of drug-likeness (QED) is 0.876. The van der Waals surface area contributed by atoms with E-state index >= 15 is 0 Å². The average molecular weight is 269 g/mol. The molecule has 2 rings (SSSR count). The molecule has 0 spiro atoms. The minimum Gasteiger partial charge on any atom is -0.325 e. The maximum atomic E-state index is 11.8. The van der Waals surface area contributed by atoms with Crippen molar-refractivity contribution in [3.8, 4) is 0 Å². The molecular formula is C16H19N3O. The van der Waals surface area contributed by atoms with Crippen molar-refractivity contribution < 1.29 is 4.79 Å². The Hall–Kier alpha value is -2.20. The summed E-state index contributed by atoms with van der Waals surface area (Å²) in [6, 6.07) is 11.7. The average Bonchev–Trinajstić information content (AvgIpc) is 2.43. The number of aryl methyl sites for hydroxylation is 2. The number of aromatic nitrogens is 1. The lowest BCUT2D eigenvalue weighted by molar-refractivity contribution is -0.115. The Morgan fingerprint density at radius 2 is 2.05 bits per heavy atom. The molecule has 1 aromatic carbocycles. The van der Waals surface area contributed by atoms with E-state index in [0.29, 0.717) is 6.54 Å². The van der Waals surface area contributed by atoms with Gasteiger partial charge in [-0.1, -0.05) is 23.8 Å². The zero-order valence-corrected chi connectivity index (χ0v) is 11.8. The van der Waals surface area contributed by atoms with E-state index in [9.17, 15) is 4.79 Å². The van der Waals surface area contributed by atoms with Gasteiger partial charge < -0.3 is 10.6 Å². The van der Waals surface area contributed by atoms with Gasteiger partial charge in [0.1, 0.15) is 0 Å². The van der Waals surface area contributed by atoms with E-state index in [0.717, 1.165) is 16.9 Å². The molecule has 0 aliphatic heterocycles. The number of carbonyl (C=O) groups excluding carboxylic acids is 1. The summed E-state index contributed by atoms with van der Waals surface area (Å²) in [5.41, 5.74) is 4.05. The fraction of sp³-hybridized carbons (Fsp3) is 0.250. The second-order valence-corrected chi connectivity index (χ2v) is 4.79. The lowest BCUT2D eigenvalue weighted by Gasteiger charge is -2.09. The first-order valence-electron chi connectivity index (χ1n) is 6.63. The zero-order valence-electron chi connectivity index (χ0n) is 11.8. The van der Waals surface area contributed by atoms with Gasteiger partial charge in [0.2, 0.25) is 5.91 Å². The molecule has 2 N–H and O–H groups in total. The van der Waals surface area contributed by atoms with Crippen molar-refractivity contribution >= 4 is 11.6 Å². The van der Waals surface area contributed by atoms with Crippen molar-refractivity contribution in [2.24, 2.45) is 0 Å². The number of nitrogens with one attached hydrogen (secondary N) is 2. The molecule has 0 fully saturated rings. The minimum atomic E-state index is -0.0483. The first-order valence-corrected chi connectivity index (χ1v) is 6.63. The largest absolute Gasteiger partial charge is 0.325 e. The van der Waals surface area contributed by atoms with E-state index < -0.39 is 0 Å². The third-order valence-electron chi connectivity index (χ3n) is 2.97. The molecule has 0 bridgehead atoms. The number of rotatable bonds is 5. The van der Waals surface area contributed by atoms with Crippen LogP contribution >= 0.6 is 0 Å². The third-order valence-corrected chi connectivity index (χ3v) is 2.97. The van der Waals surface area contributed by atoms with Gasteiger partial charge in [0.05, 0.1) is 12.2 Å². The Morgan fingerprint density at radius 3 is 2.75 bits per heavy atom. The van der Waals surface area contributed by atoms with Crippen LogP contribution in [0, 0.1) is 13.8 Å². The molecule has 0 aliphatic carbocycles. The first-order chi connectivity index (χ1) is 9.65. The van der Waals surface area contributed by atoms with Crippen molar-refractivity contribution in [2.45, 2.75) is 20.4 Å². The van der Waals surface area contributed by atoms with Gasteiger partial charge in [0.15, 0.2) is 0 Å². The summed E-state index contributed by atoms with van der Waals surface area (Å²) in [4.78, 5) is 16.0. The molecule has 4 nitrogen and oxygen atoms in total. The summed E-state index contributed by atoms with van der Waals surface area (Å²) in [5, 5.41) is 5.98. The van der Waals surface area contributed by atoms with Crippen LogP contribution < -0.4 is 10.6 Å². The minimum absolute atomic E-state index is 0.0483. The molecule has 1 amide bonds. The molecule has 4 heteroatoms. The van der Waals surface area contributed by atoms with Crippen LogP contribution in [-0.4, -0.2) is 17.4 Å². The van der Waals surface area contributed by atoms with Crippen molar-refractivity contribution in [3.05, 3.63) is 59.4 Å². The van der Waals surface area contributed by atoms with Crippen LogP contribution in [0.15, 0.2) is 42.6 Å². The van der Waals surface area contributed by atoms with Gasteiger partial charge in [-0.25, -0.2) is 0 Å². The van der Waals surface area contributed by atoms with Gasteiger partial charge in [-0.15, -0.1) is 0 Å². The maximum Gasteiger partial charge on any atom is 0.238 e. The Balaban J connectivity index is 1.81. The Morgan fingerprint density at radius 1 is 1.20 bits per heavy atom. The Bertz CT molecular complexity index is 582. The van der Waals surface area contributed by atoms with Crippen LogP contribution in [-0.2, 0) is 11.3 Å². The van der Waals surface area contributed by atoms with Crippen LogP contribution in [0.1, 0.15) is 16.8 Å². The highest BCUT2D eigenvalue weighted by molar-refractivity contribution is 5.92. The number of anilines is 1. The molecule has 2 aromatic rings. The second-order valence-electron chi connectivity index (χ2n) is 4.79. The number of hydrogen-bond acceptors (Lipinski definition) is 3. The van der Waals surface area contributed by atoms with E-state index in [1.54, 1.807) is 6.20 Å². The summed E-state index contributed by atoms with van der Waals surface area (Å²) in [6.07, 6.45) is 1.74. The molecule has 20 heavy (non-hydrogen) atoms. The summed E-state index contributed by atoms with van der Waals surface area (Å²) in [6.45, 7) is 4.88. The van der Waals surface area contributed by atoms with Gasteiger partial charge in [-0.3, -0.25) is 9.78 Å². The third kappa shape index (κ3) is 4.17. The monoisotopic (exact) mass is 269 g/mol. The molecule has 0 unspecified atom stereocenters. The molecule has 0 atom stereocenters. The molecule has 0 radical (unpaired) electrons. The molecule has 1 heterocycles. The number of carbonyl (C=O) groups is 1. The van der Waals surface area contributed by atoms with E-state index in [1.807, 2.05) is 44.2 Å². The lowest BCUT2D eigenvalue weighted by Crippen LogP contribution is -2.28. The van der Waals surface area contributed by atoms with E-state index in [4.69, 9.17) is 0 Å². The number of pyridine rings is 1. The van der Waals surface area contributed by atoms with Gasteiger partial charge in [0, 0.05) is 18.4 Å². The lowest BCUT2D eigenvalue weighted by atomic mass is 10.1. The normalized spacial score (nSPS) is 10.3. The van der Waals surface area contributed by atoms with Crippen LogP contribution in [0.3, 0.4) is 0 Å². The van der Waals surface area contributed by atoms with Crippen LogP contribution in [0.5, 0.6) is 0 Å². The van der Waals surface area contributed by atoms with E-state index in [1.165, 1.54) is 5.56 Å². The molecule has 1 aromatic heterocycles. The van der Waals surface area contributed by atoms with Gasteiger partial charge in [-0.2, -0.15) is 0 Å². The van der Waals surface area contributed by atoms with Crippen LogP contribution in [0.2, 0.25) is 0 Å². The fourth-order valence-corrected chi connectivity index (χ4v) is 1.96. The van der Waals surface area contributed by atoms with Crippen molar-refractivity contribution in [1.82, 2.24) is 10.3 Å². The first kappa shape index (κ1) is 14.2. The molecule has 104 valence electrons. The summed E-state index contributed by atoms with van der Waals surface area (Å²) in [7, 11) is 0. The van der Waals surface area contributed by atoms with Crippen molar-refractivity contribution in [3.63, 3.8) is 0 Å². The fourth-order valence-electron chi connectivity index (χ4n) is 1.96. The standard InChI is InChI=1S/C16H19N3O/c1-12-6-7-15(13(2)9-12)19-16(20)11-17-10-14-5-3-4-8-18-14/h3-9,17H,10-11H2,1-2H3,(H,19,20). The number of nitrogens with zero attached hydrogens (tertiary/aromatic N) is 1. The zero-order chi connectivity index (χ0) is 14.4. The molecule has 0 aliphatic rings. The predicted octanol–water partition coefficient (Wildman–Crippen LogP) is 2.43. The van der Waals surface area contributed by atoms with E-state index in [2.05, 4.69) is 21.7 Å². The Labute approximate surface area is 119 Å². The van der Waals surface area contributed by atoms with Gasteiger partial charge in [-0.05, 0) is 37.6 Å². The SMILES string of the molecule is Cc1ccc(NC(=O)CNCc2ccccn2)c(C)c1. The highest BCUT2D eigenvalue weighted by atomic mass is 16.1. The summed E-state index contributed by atoms with van der Waals surface area (Å²) < 4.78 is 0. The van der Waals surface area contributed by atoms with Gasteiger partial charge >= 0.3 is 0 Å². The topological polar surface area (TPSA) is 54.0 Å². The second kappa shape index (κ2) is 6.82. The molecule has 0 saturated carbocycles. The maximum absolute atomic E-state index is 11.8. The van der Waals surface area contributed by atoms with Crippen LogP contribution in [0.25, 0.3) is 0 Å². The predicted molar refractivity (Wildman–Crippen MR) is 80.5 cm³/mol. The molecular weight excluding hydrogens is 250 g/mol.